The molecule has 0 atom stereocenters. The van der Waals surface area contributed by atoms with E-state index in [2.05, 4.69) is 11.7 Å². The zero-order valence-corrected chi connectivity index (χ0v) is 20.3. The van der Waals surface area contributed by atoms with Gasteiger partial charge in [-0.1, -0.05) is 80.2 Å². The summed E-state index contributed by atoms with van der Waals surface area (Å²) in [7, 11) is 0. The number of rotatable bonds is 11. The molecule has 34 heavy (non-hydrogen) atoms. The second-order valence-electron chi connectivity index (χ2n) is 8.44. The third-order valence-electron chi connectivity index (χ3n) is 5.26. The SMILES string of the molecule is C=C(O/N=C(\C)COc1cccc(OCc2cccc(C)c2C(=N)C(C)C)c1)c1ccccc1. The van der Waals surface area contributed by atoms with E-state index in [9.17, 15) is 0 Å². The first-order valence-electron chi connectivity index (χ1n) is 11.3. The summed E-state index contributed by atoms with van der Waals surface area (Å²) < 4.78 is 11.9. The number of nitrogens with one attached hydrogen (secondary N) is 1. The zero-order chi connectivity index (χ0) is 24.5. The van der Waals surface area contributed by atoms with E-state index in [1.54, 1.807) is 0 Å². The van der Waals surface area contributed by atoms with Crippen molar-refractivity contribution in [2.24, 2.45) is 11.1 Å². The summed E-state index contributed by atoms with van der Waals surface area (Å²) in [6, 6.07) is 23.2. The van der Waals surface area contributed by atoms with Gasteiger partial charge in [-0.2, -0.15) is 0 Å². The molecule has 0 aliphatic heterocycles. The molecule has 3 aromatic carbocycles. The fourth-order valence-corrected chi connectivity index (χ4v) is 3.36. The van der Waals surface area contributed by atoms with E-state index < -0.39 is 0 Å². The van der Waals surface area contributed by atoms with Crippen LogP contribution in [0, 0.1) is 18.3 Å². The van der Waals surface area contributed by atoms with E-state index >= 15 is 0 Å². The average molecular weight is 457 g/mol. The molecule has 0 aliphatic rings. The highest BCUT2D eigenvalue weighted by atomic mass is 16.6. The zero-order valence-electron chi connectivity index (χ0n) is 20.3. The first-order valence-corrected chi connectivity index (χ1v) is 11.3. The number of benzene rings is 3. The Hall–Kier alpha value is -3.86. The van der Waals surface area contributed by atoms with Crippen LogP contribution in [0.2, 0.25) is 0 Å². The molecule has 0 unspecified atom stereocenters. The Morgan fingerprint density at radius 1 is 0.941 bits per heavy atom. The van der Waals surface area contributed by atoms with Gasteiger partial charge in [-0.15, -0.1) is 0 Å². The fraction of sp³-hybridized carbons (Fsp3) is 0.241. The van der Waals surface area contributed by atoms with Crippen LogP contribution < -0.4 is 9.47 Å². The van der Waals surface area contributed by atoms with E-state index in [1.807, 2.05) is 100 Å². The number of aryl methyl sites for hydroxylation is 1. The van der Waals surface area contributed by atoms with Crippen molar-refractivity contribution in [3.05, 3.63) is 102 Å². The summed E-state index contributed by atoms with van der Waals surface area (Å²) in [6.07, 6.45) is 0. The van der Waals surface area contributed by atoms with Gasteiger partial charge in [0.05, 0.1) is 5.71 Å². The van der Waals surface area contributed by atoms with E-state index in [0.29, 0.717) is 35.3 Å². The maximum atomic E-state index is 8.49. The minimum atomic E-state index is 0.148. The summed E-state index contributed by atoms with van der Waals surface area (Å²) in [5.74, 6) is 2.00. The third kappa shape index (κ3) is 6.82. The maximum Gasteiger partial charge on any atom is 0.158 e. The minimum absolute atomic E-state index is 0.148. The number of ether oxygens (including phenoxy) is 2. The minimum Gasteiger partial charge on any atom is -0.489 e. The predicted octanol–water partition coefficient (Wildman–Crippen LogP) is 7.04. The molecule has 0 aromatic heterocycles. The van der Waals surface area contributed by atoms with Crippen LogP contribution in [0.5, 0.6) is 11.5 Å². The van der Waals surface area contributed by atoms with Crippen molar-refractivity contribution in [2.45, 2.75) is 34.3 Å². The van der Waals surface area contributed by atoms with Crippen molar-refractivity contribution in [3.63, 3.8) is 0 Å². The molecule has 0 heterocycles. The normalized spacial score (nSPS) is 11.3. The summed E-state index contributed by atoms with van der Waals surface area (Å²) >= 11 is 0. The van der Waals surface area contributed by atoms with Gasteiger partial charge in [0.2, 0.25) is 0 Å². The Labute approximate surface area is 202 Å². The molecule has 176 valence electrons. The van der Waals surface area contributed by atoms with Crippen LogP contribution in [0.25, 0.3) is 5.76 Å². The molecule has 1 N–H and O–H groups in total. The number of hydrogen-bond acceptors (Lipinski definition) is 5. The van der Waals surface area contributed by atoms with Crippen LogP contribution in [-0.2, 0) is 11.4 Å². The molecule has 5 nitrogen and oxygen atoms in total. The van der Waals surface area contributed by atoms with E-state index in [1.165, 1.54) is 0 Å². The fourth-order valence-electron chi connectivity index (χ4n) is 3.36. The quantitative estimate of drug-likeness (QED) is 0.191. The van der Waals surface area contributed by atoms with Gasteiger partial charge in [0.15, 0.2) is 5.76 Å². The largest absolute Gasteiger partial charge is 0.489 e. The van der Waals surface area contributed by atoms with Gasteiger partial charge in [0.1, 0.15) is 24.7 Å². The van der Waals surface area contributed by atoms with Gasteiger partial charge in [0.25, 0.3) is 0 Å². The third-order valence-corrected chi connectivity index (χ3v) is 5.26. The van der Waals surface area contributed by atoms with Crippen LogP contribution in [0.1, 0.15) is 43.0 Å². The lowest BCUT2D eigenvalue weighted by Crippen LogP contribution is -2.14. The van der Waals surface area contributed by atoms with Gasteiger partial charge in [-0.05, 0) is 43.0 Å². The smallest absolute Gasteiger partial charge is 0.158 e. The topological polar surface area (TPSA) is 63.9 Å². The number of nitrogens with zero attached hydrogens (tertiary/aromatic N) is 1. The summed E-state index contributed by atoms with van der Waals surface area (Å²) in [6.45, 7) is 12.5. The highest BCUT2D eigenvalue weighted by Gasteiger charge is 2.14. The van der Waals surface area contributed by atoms with Crippen molar-refractivity contribution in [1.82, 2.24) is 0 Å². The standard InChI is InChI=1S/C29H32N2O3/c1-20(2)29(30)28-21(3)11-9-14-25(28)19-33-27-16-10-15-26(17-27)32-18-22(4)31-34-23(5)24-12-7-6-8-13-24/h6-17,20,30H,5,18-19H2,1-4H3/b30-29?,31-22+. The lowest BCUT2D eigenvalue weighted by atomic mass is 9.92. The Balaban J connectivity index is 1.58. The van der Waals surface area contributed by atoms with Crippen LogP contribution in [0.15, 0.2) is 84.5 Å². The molecule has 0 bridgehead atoms. The Kier molecular flexibility index (Phi) is 8.63. The Morgan fingerprint density at radius 3 is 2.32 bits per heavy atom. The molecular weight excluding hydrogens is 424 g/mol. The highest BCUT2D eigenvalue weighted by molar-refractivity contribution is 6.02. The first kappa shape index (κ1) is 24.8. The maximum absolute atomic E-state index is 8.49. The van der Waals surface area contributed by atoms with Crippen molar-refractivity contribution in [1.29, 1.82) is 5.41 Å². The van der Waals surface area contributed by atoms with Crippen molar-refractivity contribution in [3.8, 4) is 11.5 Å². The van der Waals surface area contributed by atoms with Gasteiger partial charge in [-0.3, -0.25) is 0 Å². The second kappa shape index (κ2) is 11.8. The average Bonchev–Trinajstić information content (AvgIpc) is 2.85. The molecule has 0 spiro atoms. The molecule has 3 aromatic rings. The molecule has 5 heteroatoms. The molecule has 0 radical (unpaired) electrons. The van der Waals surface area contributed by atoms with E-state index in [0.717, 1.165) is 22.3 Å². The molecule has 0 aliphatic carbocycles. The van der Waals surface area contributed by atoms with Crippen LogP contribution in [-0.4, -0.2) is 18.0 Å². The lowest BCUT2D eigenvalue weighted by molar-refractivity contribution is 0.288. The van der Waals surface area contributed by atoms with E-state index in [-0.39, 0.29) is 12.5 Å². The van der Waals surface area contributed by atoms with Gasteiger partial charge in [0, 0.05) is 22.9 Å². The van der Waals surface area contributed by atoms with Gasteiger partial charge >= 0.3 is 0 Å². The van der Waals surface area contributed by atoms with Crippen LogP contribution >= 0.6 is 0 Å². The number of oxime groups is 1. The van der Waals surface area contributed by atoms with Crippen molar-refractivity contribution < 1.29 is 14.3 Å². The Morgan fingerprint density at radius 2 is 1.62 bits per heavy atom. The van der Waals surface area contributed by atoms with Crippen molar-refractivity contribution in [2.75, 3.05) is 6.61 Å². The monoisotopic (exact) mass is 456 g/mol. The molecule has 0 saturated heterocycles. The van der Waals surface area contributed by atoms with E-state index in [4.69, 9.17) is 19.7 Å². The first-order chi connectivity index (χ1) is 16.3. The summed E-state index contributed by atoms with van der Waals surface area (Å²) in [4.78, 5) is 5.42. The molecule has 0 amide bonds. The lowest BCUT2D eigenvalue weighted by Gasteiger charge is -2.17. The van der Waals surface area contributed by atoms with Gasteiger partial charge < -0.3 is 19.7 Å². The van der Waals surface area contributed by atoms with Crippen molar-refractivity contribution >= 4 is 17.2 Å². The second-order valence-corrected chi connectivity index (χ2v) is 8.44. The summed E-state index contributed by atoms with van der Waals surface area (Å²) in [5.41, 5.74) is 5.24. The highest BCUT2D eigenvalue weighted by Crippen LogP contribution is 2.23. The summed E-state index contributed by atoms with van der Waals surface area (Å²) in [5, 5.41) is 12.6. The predicted molar refractivity (Wildman–Crippen MR) is 139 cm³/mol. The van der Waals surface area contributed by atoms with Gasteiger partial charge in [-0.25, -0.2) is 0 Å². The molecule has 3 rings (SSSR count). The molecule has 0 fully saturated rings. The molecule has 0 saturated carbocycles. The number of hydrogen-bond donors (Lipinski definition) is 1. The Bertz CT molecular complexity index is 1170. The van der Waals surface area contributed by atoms with Crippen LogP contribution in [0.4, 0.5) is 0 Å². The molecular formula is C29H32N2O3. The van der Waals surface area contributed by atoms with Crippen LogP contribution in [0.3, 0.4) is 0 Å².